The van der Waals surface area contributed by atoms with Gasteiger partial charge in [-0.2, -0.15) is 0 Å². The number of nitrogens with two attached hydrogens (primary N) is 1. The summed E-state index contributed by atoms with van der Waals surface area (Å²) in [5, 5.41) is 3.20. The Morgan fingerprint density at radius 3 is 2.62 bits per heavy atom. The number of nitrogens with zero attached hydrogens (tertiary/aromatic N) is 1. The first kappa shape index (κ1) is 24.2. The fourth-order valence-corrected chi connectivity index (χ4v) is 5.19. The van der Waals surface area contributed by atoms with Gasteiger partial charge in [-0.25, -0.2) is 0 Å². The monoisotopic (exact) mass is 457 g/mol. The molecule has 4 rings (SSSR count). The molecule has 0 aliphatic carbocycles. The fraction of sp³-hybridized carbons (Fsp3) is 0.400. The van der Waals surface area contributed by atoms with Crippen LogP contribution >= 0.6 is 0 Å². The summed E-state index contributed by atoms with van der Waals surface area (Å²) in [6.07, 6.45) is 2.25. The number of anilines is 2. The number of nitrogen functional groups attached to an aromatic ring is 1. The molecule has 34 heavy (non-hydrogen) atoms. The van der Waals surface area contributed by atoms with Gasteiger partial charge in [0.2, 0.25) is 0 Å². The standard InChI is InChI=1S/C30H39N3O/c1-6-25-19-33(17-23-10-8-9-11-29(23)34-25)18-24-16-22(13-12-20(24)3)26(7-2)27-14-15-28(32-5)30(31)21(27)4/h8-16,25-26,32H,6-7,17-19,31H2,1-5H3/t25?,26-/m1/s1. The van der Waals surface area contributed by atoms with Gasteiger partial charge in [0.05, 0.1) is 11.4 Å². The van der Waals surface area contributed by atoms with Crippen molar-refractivity contribution in [2.45, 2.75) is 65.6 Å². The Balaban J connectivity index is 1.64. The van der Waals surface area contributed by atoms with Crippen LogP contribution in [0.2, 0.25) is 0 Å². The second-order valence-electron chi connectivity index (χ2n) is 9.56. The molecule has 1 aliphatic heterocycles. The van der Waals surface area contributed by atoms with Crippen LogP contribution in [0.3, 0.4) is 0 Å². The van der Waals surface area contributed by atoms with E-state index in [1.54, 1.807) is 0 Å². The lowest BCUT2D eigenvalue weighted by molar-refractivity contribution is 0.139. The summed E-state index contributed by atoms with van der Waals surface area (Å²) < 4.78 is 6.33. The third-order valence-corrected chi connectivity index (χ3v) is 7.36. The van der Waals surface area contributed by atoms with Gasteiger partial charge in [0.15, 0.2) is 0 Å². The molecule has 0 spiro atoms. The summed E-state index contributed by atoms with van der Waals surface area (Å²) in [5.41, 5.74) is 16.1. The highest BCUT2D eigenvalue weighted by Crippen LogP contribution is 2.36. The highest BCUT2D eigenvalue weighted by molar-refractivity contribution is 5.71. The quantitative estimate of drug-likeness (QED) is 0.390. The zero-order chi connectivity index (χ0) is 24.2. The smallest absolute Gasteiger partial charge is 0.124 e. The van der Waals surface area contributed by atoms with Crippen LogP contribution in [0, 0.1) is 13.8 Å². The molecule has 1 heterocycles. The molecule has 180 valence electrons. The highest BCUT2D eigenvalue weighted by atomic mass is 16.5. The van der Waals surface area contributed by atoms with Crippen LogP contribution in [-0.4, -0.2) is 24.6 Å². The normalized spacial score (nSPS) is 16.9. The van der Waals surface area contributed by atoms with Crippen LogP contribution in [0.5, 0.6) is 5.75 Å². The molecule has 0 bridgehead atoms. The molecule has 0 radical (unpaired) electrons. The molecule has 1 aliphatic rings. The van der Waals surface area contributed by atoms with E-state index in [4.69, 9.17) is 10.5 Å². The first-order valence-corrected chi connectivity index (χ1v) is 12.6. The molecule has 4 heteroatoms. The number of nitrogens with one attached hydrogen (secondary N) is 1. The van der Waals surface area contributed by atoms with E-state index in [0.29, 0.717) is 5.92 Å². The maximum Gasteiger partial charge on any atom is 0.124 e. The minimum Gasteiger partial charge on any atom is -0.489 e. The summed E-state index contributed by atoms with van der Waals surface area (Å²) in [5.74, 6) is 1.36. The molecule has 2 atom stereocenters. The summed E-state index contributed by atoms with van der Waals surface area (Å²) in [6.45, 7) is 11.6. The van der Waals surface area contributed by atoms with Gasteiger partial charge in [-0.05, 0) is 66.6 Å². The van der Waals surface area contributed by atoms with Gasteiger partial charge < -0.3 is 15.8 Å². The average molecular weight is 458 g/mol. The van der Waals surface area contributed by atoms with E-state index in [1.165, 1.54) is 33.4 Å². The second-order valence-corrected chi connectivity index (χ2v) is 9.56. The lowest BCUT2D eigenvalue weighted by atomic mass is 9.84. The average Bonchev–Trinajstić information content (AvgIpc) is 3.02. The summed E-state index contributed by atoms with van der Waals surface area (Å²) >= 11 is 0. The van der Waals surface area contributed by atoms with E-state index in [9.17, 15) is 0 Å². The van der Waals surface area contributed by atoms with Gasteiger partial charge in [0.25, 0.3) is 0 Å². The Labute approximate surface area is 205 Å². The molecule has 0 amide bonds. The van der Waals surface area contributed by atoms with Crippen molar-refractivity contribution in [2.24, 2.45) is 0 Å². The molecule has 0 fully saturated rings. The van der Waals surface area contributed by atoms with Crippen LogP contribution in [0.25, 0.3) is 0 Å². The van der Waals surface area contributed by atoms with E-state index >= 15 is 0 Å². The molecular formula is C30H39N3O. The topological polar surface area (TPSA) is 50.5 Å². The highest BCUT2D eigenvalue weighted by Gasteiger charge is 2.23. The van der Waals surface area contributed by atoms with Crippen LogP contribution in [0.1, 0.15) is 66.0 Å². The van der Waals surface area contributed by atoms with Crippen molar-refractivity contribution in [2.75, 3.05) is 24.6 Å². The van der Waals surface area contributed by atoms with Gasteiger partial charge in [0.1, 0.15) is 11.9 Å². The molecule has 1 unspecified atom stereocenters. The third kappa shape index (κ3) is 4.92. The Kier molecular flexibility index (Phi) is 7.47. The van der Waals surface area contributed by atoms with Crippen molar-refractivity contribution < 1.29 is 4.74 Å². The van der Waals surface area contributed by atoms with Crippen molar-refractivity contribution in [3.63, 3.8) is 0 Å². The zero-order valence-corrected chi connectivity index (χ0v) is 21.3. The molecule has 0 saturated carbocycles. The van der Waals surface area contributed by atoms with Gasteiger partial charge in [0, 0.05) is 38.2 Å². The SMILES string of the molecule is CCC1CN(Cc2cc([C@@H](CC)c3ccc(NC)c(N)c3C)ccc2C)Cc2ccccc2O1. The Morgan fingerprint density at radius 1 is 1.09 bits per heavy atom. The van der Waals surface area contributed by atoms with Gasteiger partial charge in [-0.15, -0.1) is 0 Å². The predicted octanol–water partition coefficient (Wildman–Crippen LogP) is 6.64. The minimum atomic E-state index is 0.215. The van der Waals surface area contributed by atoms with Crippen LogP contribution in [0.15, 0.2) is 54.6 Å². The van der Waals surface area contributed by atoms with Crippen molar-refractivity contribution >= 4 is 11.4 Å². The van der Waals surface area contributed by atoms with Crippen molar-refractivity contribution in [1.29, 1.82) is 0 Å². The molecule has 3 aromatic carbocycles. The second kappa shape index (κ2) is 10.5. The molecule has 3 N–H and O–H groups in total. The Morgan fingerprint density at radius 2 is 1.88 bits per heavy atom. The maximum atomic E-state index is 6.44. The third-order valence-electron chi connectivity index (χ3n) is 7.36. The maximum absolute atomic E-state index is 6.44. The molecule has 0 aromatic heterocycles. The first-order chi connectivity index (χ1) is 16.4. The Bertz CT molecular complexity index is 1140. The van der Waals surface area contributed by atoms with Crippen molar-refractivity contribution in [3.8, 4) is 5.75 Å². The lowest BCUT2D eigenvalue weighted by Crippen LogP contribution is -2.32. The number of para-hydroxylation sites is 1. The minimum absolute atomic E-state index is 0.215. The number of hydrogen-bond donors (Lipinski definition) is 2. The van der Waals surface area contributed by atoms with Crippen molar-refractivity contribution in [1.82, 2.24) is 4.90 Å². The number of benzene rings is 3. The van der Waals surface area contributed by atoms with Crippen LogP contribution in [0.4, 0.5) is 11.4 Å². The summed E-state index contributed by atoms with van der Waals surface area (Å²) in [7, 11) is 1.92. The molecular weight excluding hydrogens is 418 g/mol. The van der Waals surface area contributed by atoms with Crippen molar-refractivity contribution in [3.05, 3.63) is 88.0 Å². The van der Waals surface area contributed by atoms with E-state index in [0.717, 1.165) is 49.6 Å². The molecule has 4 nitrogen and oxygen atoms in total. The van der Waals surface area contributed by atoms with E-state index in [1.807, 2.05) is 7.05 Å². The first-order valence-electron chi connectivity index (χ1n) is 12.6. The van der Waals surface area contributed by atoms with Crippen LogP contribution in [-0.2, 0) is 13.1 Å². The summed E-state index contributed by atoms with van der Waals surface area (Å²) in [4.78, 5) is 2.54. The van der Waals surface area contributed by atoms with Gasteiger partial charge >= 0.3 is 0 Å². The molecule has 0 saturated heterocycles. The van der Waals surface area contributed by atoms with Gasteiger partial charge in [-0.3, -0.25) is 4.90 Å². The predicted molar refractivity (Wildman–Crippen MR) is 144 cm³/mol. The number of ether oxygens (including phenoxy) is 1. The fourth-order valence-electron chi connectivity index (χ4n) is 5.19. The zero-order valence-electron chi connectivity index (χ0n) is 21.3. The number of hydrogen-bond acceptors (Lipinski definition) is 4. The molecule has 3 aromatic rings. The summed E-state index contributed by atoms with van der Waals surface area (Å²) in [6, 6.07) is 19.8. The lowest BCUT2D eigenvalue weighted by Gasteiger charge is -2.26. The van der Waals surface area contributed by atoms with Gasteiger partial charge in [-0.1, -0.05) is 56.3 Å². The van der Waals surface area contributed by atoms with Crippen LogP contribution < -0.4 is 15.8 Å². The Hall–Kier alpha value is -2.98. The van der Waals surface area contributed by atoms with E-state index < -0.39 is 0 Å². The number of rotatable bonds is 7. The van der Waals surface area contributed by atoms with E-state index in [-0.39, 0.29) is 6.10 Å². The largest absolute Gasteiger partial charge is 0.489 e. The number of aryl methyl sites for hydroxylation is 1. The number of fused-ring (bicyclic) bond motifs is 1. The van der Waals surface area contributed by atoms with E-state index in [2.05, 4.69) is 92.5 Å².